The second-order valence-electron chi connectivity index (χ2n) is 4.00. The maximum Gasteiger partial charge on any atom is 0.253 e. The maximum atomic E-state index is 12.2. The van der Waals surface area contributed by atoms with Crippen LogP contribution in [-0.4, -0.2) is 22.4 Å². The molecule has 0 aliphatic rings. The van der Waals surface area contributed by atoms with Crippen molar-refractivity contribution in [3.05, 3.63) is 40.1 Å². The van der Waals surface area contributed by atoms with Gasteiger partial charge in [-0.15, -0.1) is 11.3 Å². The predicted molar refractivity (Wildman–Crippen MR) is 76.4 cm³/mol. The summed E-state index contributed by atoms with van der Waals surface area (Å²) in [5.74, 6) is -0.105. The quantitative estimate of drug-likeness (QED) is 0.878. The summed E-state index contributed by atoms with van der Waals surface area (Å²) < 4.78 is 0. The van der Waals surface area contributed by atoms with E-state index >= 15 is 0 Å². The van der Waals surface area contributed by atoms with Crippen molar-refractivity contribution in [1.82, 2.24) is 15.3 Å². The molecule has 0 fully saturated rings. The van der Waals surface area contributed by atoms with Crippen LogP contribution in [0.15, 0.2) is 24.0 Å². The van der Waals surface area contributed by atoms with Crippen molar-refractivity contribution in [1.29, 1.82) is 0 Å². The van der Waals surface area contributed by atoms with Crippen LogP contribution in [0.1, 0.15) is 27.9 Å². The van der Waals surface area contributed by atoms with E-state index < -0.39 is 0 Å². The van der Waals surface area contributed by atoms with Gasteiger partial charge in [0.1, 0.15) is 0 Å². The lowest BCUT2D eigenvalue weighted by Crippen LogP contribution is -2.24. The molecule has 0 atom stereocenters. The number of aromatic nitrogens is 2. The number of nitrogens with zero attached hydrogens (tertiary/aromatic N) is 2. The Hall–Kier alpha value is -1.95. The maximum absolute atomic E-state index is 12.2. The molecule has 2 aromatic rings. The Morgan fingerprint density at radius 3 is 3.00 bits per heavy atom. The molecule has 2 aromatic heterocycles. The molecule has 19 heavy (non-hydrogen) atoms. The number of anilines is 1. The van der Waals surface area contributed by atoms with Gasteiger partial charge in [-0.25, -0.2) is 4.98 Å². The first kappa shape index (κ1) is 13.5. The van der Waals surface area contributed by atoms with Gasteiger partial charge >= 0.3 is 0 Å². The number of hydrogen-bond donors (Lipinski definition) is 2. The van der Waals surface area contributed by atoms with Crippen LogP contribution >= 0.6 is 11.3 Å². The summed E-state index contributed by atoms with van der Waals surface area (Å²) in [4.78, 5) is 21.4. The highest BCUT2D eigenvalue weighted by Gasteiger charge is 2.11. The molecule has 6 heteroatoms. The molecule has 2 heterocycles. The topological polar surface area (TPSA) is 66.9 Å². The molecule has 1 amide bonds. The van der Waals surface area contributed by atoms with Crippen LogP contribution in [-0.2, 0) is 6.54 Å². The number of rotatable bonds is 5. The Bertz CT molecular complexity index is 567. The SMILES string of the molecule is CCNc1cnccc1C(=O)NCc1scnc1C. The molecule has 5 nitrogen and oxygen atoms in total. The van der Waals surface area contributed by atoms with Gasteiger partial charge in [-0.3, -0.25) is 9.78 Å². The number of thiazole rings is 1. The van der Waals surface area contributed by atoms with E-state index in [0.29, 0.717) is 12.1 Å². The number of carbonyl (C=O) groups is 1. The first-order valence-corrected chi connectivity index (χ1v) is 6.95. The van der Waals surface area contributed by atoms with E-state index in [9.17, 15) is 4.79 Å². The third-order valence-electron chi connectivity index (χ3n) is 2.69. The van der Waals surface area contributed by atoms with Crippen LogP contribution in [0.3, 0.4) is 0 Å². The molecule has 0 aliphatic carbocycles. The van der Waals surface area contributed by atoms with Gasteiger partial charge < -0.3 is 10.6 Å². The van der Waals surface area contributed by atoms with Gasteiger partial charge in [0, 0.05) is 17.6 Å². The first-order valence-electron chi connectivity index (χ1n) is 6.07. The van der Waals surface area contributed by atoms with Gasteiger partial charge in [0.15, 0.2) is 0 Å². The van der Waals surface area contributed by atoms with E-state index in [-0.39, 0.29) is 5.91 Å². The Morgan fingerprint density at radius 2 is 2.32 bits per heavy atom. The molecule has 0 bridgehead atoms. The second kappa shape index (κ2) is 6.29. The zero-order valence-corrected chi connectivity index (χ0v) is 11.8. The molecule has 0 unspecified atom stereocenters. The average Bonchev–Trinajstić information content (AvgIpc) is 2.82. The van der Waals surface area contributed by atoms with Crippen LogP contribution in [0.25, 0.3) is 0 Å². The molecule has 100 valence electrons. The van der Waals surface area contributed by atoms with Crippen molar-refractivity contribution in [3.8, 4) is 0 Å². The lowest BCUT2D eigenvalue weighted by Gasteiger charge is -2.10. The van der Waals surface area contributed by atoms with Crippen LogP contribution < -0.4 is 10.6 Å². The van der Waals surface area contributed by atoms with Crippen LogP contribution in [0.4, 0.5) is 5.69 Å². The molecule has 0 aromatic carbocycles. The van der Waals surface area contributed by atoms with E-state index in [1.165, 1.54) is 0 Å². The molecule has 0 spiro atoms. The van der Waals surface area contributed by atoms with Crippen LogP contribution in [0.5, 0.6) is 0 Å². The smallest absolute Gasteiger partial charge is 0.253 e. The molecule has 2 N–H and O–H groups in total. The van der Waals surface area contributed by atoms with Gasteiger partial charge in [-0.05, 0) is 19.9 Å². The van der Waals surface area contributed by atoms with Crippen molar-refractivity contribution < 1.29 is 4.79 Å². The summed E-state index contributed by atoms with van der Waals surface area (Å²) in [6.45, 7) is 5.17. The summed E-state index contributed by atoms with van der Waals surface area (Å²) in [7, 11) is 0. The third-order valence-corrected chi connectivity index (χ3v) is 3.62. The van der Waals surface area contributed by atoms with Gasteiger partial charge in [0.05, 0.1) is 35.2 Å². The second-order valence-corrected chi connectivity index (χ2v) is 4.93. The molecular weight excluding hydrogens is 260 g/mol. The standard InChI is InChI=1S/C13H16N4OS/c1-3-15-11-6-14-5-4-10(11)13(18)16-7-12-9(2)17-8-19-12/h4-6,8,15H,3,7H2,1-2H3,(H,16,18). The number of pyridine rings is 1. The van der Waals surface area contributed by atoms with E-state index in [2.05, 4.69) is 20.6 Å². The fraction of sp³-hybridized carbons (Fsp3) is 0.308. The molecule has 0 aliphatic heterocycles. The third kappa shape index (κ3) is 3.29. The summed E-state index contributed by atoms with van der Waals surface area (Å²) in [6, 6.07) is 1.72. The average molecular weight is 276 g/mol. The van der Waals surface area contributed by atoms with Crippen molar-refractivity contribution in [2.45, 2.75) is 20.4 Å². The van der Waals surface area contributed by atoms with E-state index in [1.807, 2.05) is 13.8 Å². The number of nitrogens with one attached hydrogen (secondary N) is 2. The summed E-state index contributed by atoms with van der Waals surface area (Å²) in [6.07, 6.45) is 3.28. The summed E-state index contributed by atoms with van der Waals surface area (Å²) in [5.41, 5.74) is 4.11. The van der Waals surface area contributed by atoms with E-state index in [1.54, 1.807) is 35.3 Å². The molecule has 0 radical (unpaired) electrons. The molecular formula is C13H16N4OS. The summed E-state index contributed by atoms with van der Waals surface area (Å²) in [5, 5.41) is 6.03. The van der Waals surface area contributed by atoms with Crippen LogP contribution in [0.2, 0.25) is 0 Å². The van der Waals surface area contributed by atoms with Gasteiger partial charge in [0.2, 0.25) is 0 Å². The Labute approximate surface area is 116 Å². The fourth-order valence-electron chi connectivity index (χ4n) is 1.68. The number of aryl methyl sites for hydroxylation is 1. The van der Waals surface area contributed by atoms with Gasteiger partial charge in [-0.2, -0.15) is 0 Å². The van der Waals surface area contributed by atoms with Crippen molar-refractivity contribution >= 4 is 22.9 Å². The molecule has 2 rings (SSSR count). The first-order chi connectivity index (χ1) is 9.22. The fourth-order valence-corrected chi connectivity index (χ4v) is 2.39. The molecule has 0 saturated carbocycles. The zero-order chi connectivity index (χ0) is 13.7. The molecule has 0 saturated heterocycles. The van der Waals surface area contributed by atoms with Crippen LogP contribution in [0, 0.1) is 6.92 Å². The lowest BCUT2D eigenvalue weighted by atomic mass is 10.2. The van der Waals surface area contributed by atoms with Crippen molar-refractivity contribution in [2.24, 2.45) is 0 Å². The Kier molecular flexibility index (Phi) is 4.46. The van der Waals surface area contributed by atoms with Gasteiger partial charge in [-0.1, -0.05) is 0 Å². The number of hydrogen-bond acceptors (Lipinski definition) is 5. The minimum absolute atomic E-state index is 0.105. The largest absolute Gasteiger partial charge is 0.383 e. The zero-order valence-electron chi connectivity index (χ0n) is 10.9. The predicted octanol–water partition coefficient (Wildman–Crippen LogP) is 2.21. The highest BCUT2D eigenvalue weighted by molar-refractivity contribution is 7.09. The monoisotopic (exact) mass is 276 g/mol. The van der Waals surface area contributed by atoms with E-state index in [0.717, 1.165) is 22.8 Å². The van der Waals surface area contributed by atoms with Crippen molar-refractivity contribution in [3.63, 3.8) is 0 Å². The Balaban J connectivity index is 2.06. The number of carbonyl (C=O) groups excluding carboxylic acids is 1. The van der Waals surface area contributed by atoms with E-state index in [4.69, 9.17) is 0 Å². The highest BCUT2D eigenvalue weighted by Crippen LogP contribution is 2.15. The highest BCUT2D eigenvalue weighted by atomic mass is 32.1. The minimum Gasteiger partial charge on any atom is -0.383 e. The Morgan fingerprint density at radius 1 is 1.47 bits per heavy atom. The summed E-state index contributed by atoms with van der Waals surface area (Å²) >= 11 is 1.55. The van der Waals surface area contributed by atoms with Crippen molar-refractivity contribution in [2.75, 3.05) is 11.9 Å². The number of amides is 1. The minimum atomic E-state index is -0.105. The normalized spacial score (nSPS) is 10.2. The lowest BCUT2D eigenvalue weighted by molar-refractivity contribution is 0.0952. The van der Waals surface area contributed by atoms with Gasteiger partial charge in [0.25, 0.3) is 5.91 Å².